The van der Waals surface area contributed by atoms with E-state index in [1.54, 1.807) is 7.05 Å². The van der Waals surface area contributed by atoms with Crippen molar-refractivity contribution in [1.29, 1.82) is 0 Å². The Hall–Kier alpha value is -0.820. The third kappa shape index (κ3) is 9.68. The van der Waals surface area contributed by atoms with E-state index in [9.17, 15) is 0 Å². The van der Waals surface area contributed by atoms with E-state index in [0.29, 0.717) is 0 Å². The maximum atomic E-state index is 4.23. The summed E-state index contributed by atoms with van der Waals surface area (Å²) in [6, 6.07) is 8.49. The van der Waals surface area contributed by atoms with Gasteiger partial charge in [-0.3, -0.25) is 4.99 Å². The Labute approximate surface area is 146 Å². The van der Waals surface area contributed by atoms with Crippen LogP contribution in [0.1, 0.15) is 31.9 Å². The largest absolute Gasteiger partial charge is 0.355 e. The molecule has 0 unspecified atom stereocenters. The van der Waals surface area contributed by atoms with Crippen molar-refractivity contribution in [2.75, 3.05) is 20.1 Å². The monoisotopic (exact) mass is 404 g/mol. The van der Waals surface area contributed by atoms with Crippen molar-refractivity contribution in [2.24, 2.45) is 4.99 Å². The van der Waals surface area contributed by atoms with Crippen LogP contribution in [0.25, 0.3) is 0 Å². The first kappa shape index (κ1) is 20.2. The molecule has 0 fully saturated rings. The molecular weight excluding hydrogens is 375 g/mol. The van der Waals surface area contributed by atoms with Crippen LogP contribution < -0.4 is 16.0 Å². The van der Waals surface area contributed by atoms with Gasteiger partial charge in [-0.25, -0.2) is 0 Å². The maximum Gasteiger partial charge on any atom is 0.191 e. The molecule has 0 heterocycles. The Bertz CT molecular complexity index is 438. The van der Waals surface area contributed by atoms with Gasteiger partial charge in [-0.1, -0.05) is 29.8 Å². The topological polar surface area (TPSA) is 48.5 Å². The van der Waals surface area contributed by atoms with Crippen molar-refractivity contribution in [3.63, 3.8) is 0 Å². The summed E-state index contributed by atoms with van der Waals surface area (Å²) in [5.41, 5.74) is 2.70. The Balaban J connectivity index is 0.00000400. The molecule has 1 rings (SSSR count). The van der Waals surface area contributed by atoms with Crippen molar-refractivity contribution in [2.45, 2.75) is 39.8 Å². The lowest BCUT2D eigenvalue weighted by Gasteiger charge is -2.21. The zero-order valence-corrected chi connectivity index (χ0v) is 16.1. The predicted octanol–water partition coefficient (Wildman–Crippen LogP) is 2.67. The quantitative estimate of drug-likeness (QED) is 0.306. The Morgan fingerprint density at radius 1 is 1.14 bits per heavy atom. The summed E-state index contributed by atoms with van der Waals surface area (Å²) in [6.07, 6.45) is 0. The normalized spacial score (nSPS) is 11.8. The van der Waals surface area contributed by atoms with Gasteiger partial charge < -0.3 is 16.0 Å². The molecule has 21 heavy (non-hydrogen) atoms. The summed E-state index contributed by atoms with van der Waals surface area (Å²) in [5.74, 6) is 0.835. The second kappa shape index (κ2) is 10.00. The minimum atomic E-state index is 0. The third-order valence-electron chi connectivity index (χ3n) is 2.84. The molecule has 0 spiro atoms. The first-order chi connectivity index (χ1) is 9.40. The maximum absolute atomic E-state index is 4.23. The molecule has 4 nitrogen and oxygen atoms in total. The molecule has 0 amide bonds. The van der Waals surface area contributed by atoms with Gasteiger partial charge in [0.05, 0.1) is 0 Å². The van der Waals surface area contributed by atoms with E-state index >= 15 is 0 Å². The van der Waals surface area contributed by atoms with E-state index < -0.39 is 0 Å². The number of aliphatic imine (C=N–C) groups is 1. The van der Waals surface area contributed by atoms with Crippen molar-refractivity contribution in [3.05, 3.63) is 35.4 Å². The SMILES string of the molecule is CN=C(NCCNC(C)(C)C)NCc1cccc(C)c1.I. The van der Waals surface area contributed by atoms with Crippen molar-refractivity contribution < 1.29 is 0 Å². The summed E-state index contributed by atoms with van der Waals surface area (Å²) in [7, 11) is 1.79. The second-order valence-electron chi connectivity index (χ2n) is 6.02. The number of halogens is 1. The van der Waals surface area contributed by atoms with Gasteiger partial charge in [0.1, 0.15) is 0 Å². The molecule has 1 aromatic carbocycles. The number of hydrogen-bond donors (Lipinski definition) is 3. The van der Waals surface area contributed by atoms with Gasteiger partial charge in [0, 0.05) is 32.2 Å². The summed E-state index contributed by atoms with van der Waals surface area (Å²) >= 11 is 0. The number of benzene rings is 1. The highest BCUT2D eigenvalue weighted by Gasteiger charge is 2.07. The lowest BCUT2D eigenvalue weighted by Crippen LogP contribution is -2.44. The molecule has 3 N–H and O–H groups in total. The van der Waals surface area contributed by atoms with Crippen LogP contribution in [0.3, 0.4) is 0 Å². The van der Waals surface area contributed by atoms with Crippen LogP contribution in [0.5, 0.6) is 0 Å². The fraction of sp³-hybridized carbons (Fsp3) is 0.562. The Kier molecular flexibility index (Phi) is 9.61. The molecule has 0 aromatic heterocycles. The average Bonchev–Trinajstić information content (AvgIpc) is 2.37. The van der Waals surface area contributed by atoms with Crippen LogP contribution in [0.2, 0.25) is 0 Å². The molecule has 1 aromatic rings. The first-order valence-corrected chi connectivity index (χ1v) is 7.16. The molecular formula is C16H29IN4. The van der Waals surface area contributed by atoms with E-state index in [4.69, 9.17) is 0 Å². The lowest BCUT2D eigenvalue weighted by atomic mass is 10.1. The van der Waals surface area contributed by atoms with Crippen molar-refractivity contribution >= 4 is 29.9 Å². The molecule has 0 atom stereocenters. The highest BCUT2D eigenvalue weighted by molar-refractivity contribution is 14.0. The predicted molar refractivity (Wildman–Crippen MR) is 103 cm³/mol. The van der Waals surface area contributed by atoms with E-state index in [2.05, 4.69) is 72.9 Å². The van der Waals surface area contributed by atoms with Crippen molar-refractivity contribution in [1.82, 2.24) is 16.0 Å². The Morgan fingerprint density at radius 3 is 2.43 bits per heavy atom. The zero-order valence-electron chi connectivity index (χ0n) is 13.8. The van der Waals surface area contributed by atoms with E-state index in [0.717, 1.165) is 25.6 Å². The summed E-state index contributed by atoms with van der Waals surface area (Å²) in [5, 5.41) is 10.1. The molecule has 0 saturated carbocycles. The molecule has 0 radical (unpaired) electrons. The number of guanidine groups is 1. The number of nitrogens with one attached hydrogen (secondary N) is 3. The number of nitrogens with zero attached hydrogens (tertiary/aromatic N) is 1. The second-order valence-corrected chi connectivity index (χ2v) is 6.02. The lowest BCUT2D eigenvalue weighted by molar-refractivity contribution is 0.428. The van der Waals surface area contributed by atoms with Gasteiger partial charge in [-0.15, -0.1) is 24.0 Å². The molecule has 5 heteroatoms. The van der Waals surface area contributed by atoms with E-state index in [-0.39, 0.29) is 29.5 Å². The van der Waals surface area contributed by atoms with Gasteiger partial charge in [0.15, 0.2) is 5.96 Å². The van der Waals surface area contributed by atoms with Crippen LogP contribution in [0, 0.1) is 6.92 Å². The molecule has 0 aliphatic rings. The van der Waals surface area contributed by atoms with Crippen LogP contribution in [-0.4, -0.2) is 31.6 Å². The summed E-state index contributed by atoms with van der Waals surface area (Å²) in [6.45, 7) is 11.1. The van der Waals surface area contributed by atoms with Gasteiger partial charge in [-0.2, -0.15) is 0 Å². The van der Waals surface area contributed by atoms with Crippen LogP contribution in [0.15, 0.2) is 29.3 Å². The summed E-state index contributed by atoms with van der Waals surface area (Å²) < 4.78 is 0. The summed E-state index contributed by atoms with van der Waals surface area (Å²) in [4.78, 5) is 4.23. The molecule has 0 saturated heterocycles. The minimum Gasteiger partial charge on any atom is -0.355 e. The van der Waals surface area contributed by atoms with Gasteiger partial charge in [-0.05, 0) is 33.3 Å². The average molecular weight is 404 g/mol. The van der Waals surface area contributed by atoms with Crippen LogP contribution >= 0.6 is 24.0 Å². The van der Waals surface area contributed by atoms with Crippen LogP contribution in [0.4, 0.5) is 0 Å². The number of hydrogen-bond acceptors (Lipinski definition) is 2. The molecule has 0 bridgehead atoms. The van der Waals surface area contributed by atoms with Gasteiger partial charge in [0.25, 0.3) is 0 Å². The van der Waals surface area contributed by atoms with Crippen LogP contribution in [-0.2, 0) is 6.54 Å². The molecule has 120 valence electrons. The fourth-order valence-corrected chi connectivity index (χ4v) is 1.85. The number of rotatable bonds is 5. The highest BCUT2D eigenvalue weighted by atomic mass is 127. The van der Waals surface area contributed by atoms with E-state index in [1.807, 2.05) is 0 Å². The minimum absolute atomic E-state index is 0. The fourth-order valence-electron chi connectivity index (χ4n) is 1.85. The molecule has 0 aliphatic heterocycles. The smallest absolute Gasteiger partial charge is 0.191 e. The zero-order chi connectivity index (χ0) is 15.0. The highest BCUT2D eigenvalue weighted by Crippen LogP contribution is 2.03. The molecule has 0 aliphatic carbocycles. The standard InChI is InChI=1S/C16H28N4.HI/c1-13-7-6-8-14(11-13)12-19-15(17-5)18-9-10-20-16(2,3)4;/h6-8,11,20H,9-10,12H2,1-5H3,(H2,17,18,19);1H. The third-order valence-corrected chi connectivity index (χ3v) is 2.84. The number of aryl methyl sites for hydroxylation is 1. The van der Waals surface area contributed by atoms with Crippen molar-refractivity contribution in [3.8, 4) is 0 Å². The first-order valence-electron chi connectivity index (χ1n) is 7.16. The van der Waals surface area contributed by atoms with Gasteiger partial charge in [0.2, 0.25) is 0 Å². The van der Waals surface area contributed by atoms with Gasteiger partial charge >= 0.3 is 0 Å². The van der Waals surface area contributed by atoms with E-state index in [1.165, 1.54) is 11.1 Å². The Morgan fingerprint density at radius 2 is 1.86 bits per heavy atom.